The summed E-state index contributed by atoms with van der Waals surface area (Å²) in [6.07, 6.45) is 1.72. The Hall–Kier alpha value is -1.89. The molecule has 7 heteroatoms. The highest BCUT2D eigenvalue weighted by Crippen LogP contribution is 2.21. The van der Waals surface area contributed by atoms with Gasteiger partial charge in [-0.2, -0.15) is 0 Å². The predicted molar refractivity (Wildman–Crippen MR) is 105 cm³/mol. The van der Waals surface area contributed by atoms with Gasteiger partial charge in [-0.1, -0.05) is 31.0 Å². The molecule has 5 nitrogen and oxygen atoms in total. The van der Waals surface area contributed by atoms with Gasteiger partial charge in [-0.3, -0.25) is 4.79 Å². The lowest BCUT2D eigenvalue weighted by Gasteiger charge is -2.17. The molecule has 2 aromatic carbocycles. The molecular formula is C19H23ClN2O3S. The zero-order chi connectivity index (χ0) is 19.3. The average Bonchev–Trinajstić information content (AvgIpc) is 2.62. The summed E-state index contributed by atoms with van der Waals surface area (Å²) in [4.78, 5) is 12.5. The zero-order valence-electron chi connectivity index (χ0n) is 15.1. The van der Waals surface area contributed by atoms with Crippen LogP contribution in [0, 0.1) is 6.92 Å². The summed E-state index contributed by atoms with van der Waals surface area (Å²) in [5.74, 6) is -0.326. The minimum atomic E-state index is -3.54. The maximum atomic E-state index is 12.5. The molecular weight excluding hydrogens is 372 g/mol. The Labute approximate surface area is 160 Å². The molecule has 0 bridgehead atoms. The highest BCUT2D eigenvalue weighted by molar-refractivity contribution is 7.89. The van der Waals surface area contributed by atoms with Gasteiger partial charge in [0.1, 0.15) is 0 Å². The molecule has 0 aromatic heterocycles. The van der Waals surface area contributed by atoms with Crippen molar-refractivity contribution >= 4 is 33.2 Å². The van der Waals surface area contributed by atoms with Crippen LogP contribution in [0.3, 0.4) is 0 Å². The van der Waals surface area contributed by atoms with E-state index >= 15 is 0 Å². The van der Waals surface area contributed by atoms with E-state index in [1.165, 1.54) is 28.6 Å². The average molecular weight is 395 g/mol. The molecule has 0 radical (unpaired) electrons. The number of amides is 1. The third kappa shape index (κ3) is 4.84. The molecule has 2 rings (SSSR count). The quantitative estimate of drug-likeness (QED) is 0.760. The summed E-state index contributed by atoms with van der Waals surface area (Å²) >= 11 is 6.06. The summed E-state index contributed by atoms with van der Waals surface area (Å²) in [7, 11) is -1.98. The number of carbonyl (C=O) groups excluding carboxylic acids is 1. The molecule has 0 fully saturated rings. The van der Waals surface area contributed by atoms with Crippen LogP contribution in [0.15, 0.2) is 47.4 Å². The molecule has 26 heavy (non-hydrogen) atoms. The van der Waals surface area contributed by atoms with E-state index < -0.39 is 10.0 Å². The molecule has 0 atom stereocenters. The van der Waals surface area contributed by atoms with Crippen LogP contribution in [0.25, 0.3) is 0 Å². The first-order valence-corrected chi connectivity index (χ1v) is 10.2. The lowest BCUT2D eigenvalue weighted by Crippen LogP contribution is -2.28. The minimum absolute atomic E-state index is 0.172. The smallest absolute Gasteiger partial charge is 0.255 e. The van der Waals surface area contributed by atoms with Crippen LogP contribution in [0.4, 0.5) is 5.69 Å². The van der Waals surface area contributed by atoms with Crippen LogP contribution in [-0.2, 0) is 10.0 Å². The van der Waals surface area contributed by atoms with Crippen molar-refractivity contribution in [3.05, 3.63) is 58.6 Å². The largest absolute Gasteiger partial charge is 0.322 e. The van der Waals surface area contributed by atoms with Crippen molar-refractivity contribution in [1.82, 2.24) is 4.31 Å². The van der Waals surface area contributed by atoms with Gasteiger partial charge in [0, 0.05) is 29.9 Å². The number of unbranched alkanes of at least 4 members (excludes halogenated alkanes) is 1. The van der Waals surface area contributed by atoms with Crippen LogP contribution < -0.4 is 5.32 Å². The Morgan fingerprint density at radius 3 is 2.38 bits per heavy atom. The van der Waals surface area contributed by atoms with Crippen LogP contribution >= 0.6 is 11.6 Å². The molecule has 0 aliphatic heterocycles. The number of aryl methyl sites for hydroxylation is 1. The normalized spacial score (nSPS) is 11.6. The number of anilines is 1. The first-order chi connectivity index (χ1) is 12.3. The van der Waals surface area contributed by atoms with E-state index in [0.29, 0.717) is 22.8 Å². The Bertz CT molecular complexity index is 880. The number of hydrogen-bond acceptors (Lipinski definition) is 3. The minimum Gasteiger partial charge on any atom is -0.322 e. The number of sulfonamides is 1. The van der Waals surface area contributed by atoms with Crippen molar-refractivity contribution in [2.75, 3.05) is 18.9 Å². The van der Waals surface area contributed by atoms with Crippen LogP contribution in [0.2, 0.25) is 5.02 Å². The Kier molecular flexibility index (Phi) is 6.81. The summed E-state index contributed by atoms with van der Waals surface area (Å²) in [6, 6.07) is 11.2. The summed E-state index contributed by atoms with van der Waals surface area (Å²) < 4.78 is 26.3. The lowest BCUT2D eigenvalue weighted by atomic mass is 10.2. The fourth-order valence-corrected chi connectivity index (χ4v) is 3.72. The molecule has 0 aliphatic carbocycles. The van der Waals surface area contributed by atoms with Gasteiger partial charge >= 0.3 is 0 Å². The van der Waals surface area contributed by atoms with Gasteiger partial charge in [0.15, 0.2) is 0 Å². The molecule has 0 saturated heterocycles. The number of nitrogens with one attached hydrogen (secondary N) is 1. The predicted octanol–water partition coefficient (Wildman–Crippen LogP) is 4.32. The molecule has 0 heterocycles. The van der Waals surface area contributed by atoms with Crippen LogP contribution in [0.5, 0.6) is 0 Å². The summed E-state index contributed by atoms with van der Waals surface area (Å²) in [6.45, 7) is 4.36. The van der Waals surface area contributed by atoms with Gasteiger partial charge in [0.25, 0.3) is 5.91 Å². The van der Waals surface area contributed by atoms with E-state index in [1.807, 2.05) is 19.9 Å². The standard InChI is InChI=1S/C19H23ClN2O3S/c1-4-5-12-22(3)26(24,25)17-10-7-15(8-11-17)19(23)21-16-9-6-14(2)18(20)13-16/h6-11,13H,4-5,12H2,1-3H3,(H,21,23). The maximum Gasteiger partial charge on any atom is 0.255 e. The fourth-order valence-electron chi connectivity index (χ4n) is 2.33. The molecule has 1 N–H and O–H groups in total. The lowest BCUT2D eigenvalue weighted by molar-refractivity contribution is 0.102. The Balaban J connectivity index is 2.13. The van der Waals surface area contributed by atoms with Gasteiger partial charge in [-0.05, 0) is 55.3 Å². The second-order valence-corrected chi connectivity index (χ2v) is 8.57. The van der Waals surface area contributed by atoms with Gasteiger partial charge in [-0.25, -0.2) is 12.7 Å². The van der Waals surface area contributed by atoms with Crippen molar-refractivity contribution in [3.63, 3.8) is 0 Å². The van der Waals surface area contributed by atoms with E-state index in [4.69, 9.17) is 11.6 Å². The highest BCUT2D eigenvalue weighted by Gasteiger charge is 2.20. The molecule has 0 spiro atoms. The highest BCUT2D eigenvalue weighted by atomic mass is 35.5. The molecule has 140 valence electrons. The zero-order valence-corrected chi connectivity index (χ0v) is 16.7. The molecule has 1 amide bonds. The van der Waals surface area contributed by atoms with Crippen molar-refractivity contribution in [1.29, 1.82) is 0 Å². The molecule has 2 aromatic rings. The Morgan fingerprint density at radius 1 is 1.15 bits per heavy atom. The number of nitrogens with zero attached hydrogens (tertiary/aromatic N) is 1. The van der Waals surface area contributed by atoms with Crippen LogP contribution in [-0.4, -0.2) is 32.2 Å². The van der Waals surface area contributed by atoms with E-state index in [1.54, 1.807) is 19.2 Å². The number of benzene rings is 2. The molecule has 0 unspecified atom stereocenters. The van der Waals surface area contributed by atoms with Crippen molar-refractivity contribution in [3.8, 4) is 0 Å². The van der Waals surface area contributed by atoms with Crippen molar-refractivity contribution < 1.29 is 13.2 Å². The van der Waals surface area contributed by atoms with E-state index in [9.17, 15) is 13.2 Å². The fraction of sp³-hybridized carbons (Fsp3) is 0.316. The first-order valence-electron chi connectivity index (χ1n) is 8.39. The van der Waals surface area contributed by atoms with E-state index in [0.717, 1.165) is 18.4 Å². The summed E-state index contributed by atoms with van der Waals surface area (Å²) in [5.41, 5.74) is 1.88. The number of halogens is 1. The number of carbonyl (C=O) groups is 1. The number of hydrogen-bond donors (Lipinski definition) is 1. The van der Waals surface area contributed by atoms with Gasteiger partial charge < -0.3 is 5.32 Å². The number of rotatable bonds is 7. The van der Waals surface area contributed by atoms with Crippen LogP contribution in [0.1, 0.15) is 35.7 Å². The molecule has 0 aliphatic rings. The Morgan fingerprint density at radius 2 is 1.81 bits per heavy atom. The van der Waals surface area contributed by atoms with Gasteiger partial charge in [-0.15, -0.1) is 0 Å². The monoisotopic (exact) mass is 394 g/mol. The van der Waals surface area contributed by atoms with E-state index in [2.05, 4.69) is 5.32 Å². The third-order valence-electron chi connectivity index (χ3n) is 4.08. The molecule has 0 saturated carbocycles. The topological polar surface area (TPSA) is 66.5 Å². The third-order valence-corrected chi connectivity index (χ3v) is 6.36. The second-order valence-electron chi connectivity index (χ2n) is 6.12. The first kappa shape index (κ1) is 20.4. The van der Waals surface area contributed by atoms with Crippen molar-refractivity contribution in [2.24, 2.45) is 0 Å². The second kappa shape index (κ2) is 8.66. The van der Waals surface area contributed by atoms with Crippen molar-refractivity contribution in [2.45, 2.75) is 31.6 Å². The maximum absolute atomic E-state index is 12.5. The van der Waals surface area contributed by atoms with Gasteiger partial charge in [0.2, 0.25) is 10.0 Å². The SMILES string of the molecule is CCCCN(C)S(=O)(=O)c1ccc(C(=O)Nc2ccc(C)c(Cl)c2)cc1. The van der Waals surface area contributed by atoms with E-state index in [-0.39, 0.29) is 10.8 Å². The van der Waals surface area contributed by atoms with Gasteiger partial charge in [0.05, 0.1) is 4.90 Å². The summed E-state index contributed by atoms with van der Waals surface area (Å²) in [5, 5.41) is 3.32.